The highest BCUT2D eigenvalue weighted by molar-refractivity contribution is 6.31. The third-order valence-corrected chi connectivity index (χ3v) is 4.74. The molecule has 1 fully saturated rings. The molecule has 4 nitrogen and oxygen atoms in total. The molecule has 0 amide bonds. The quantitative estimate of drug-likeness (QED) is 0.707. The maximum absolute atomic E-state index is 13.9. The van der Waals surface area contributed by atoms with Gasteiger partial charge in [0, 0.05) is 25.3 Å². The lowest BCUT2D eigenvalue weighted by molar-refractivity contribution is -0.00000773. The van der Waals surface area contributed by atoms with Crippen molar-refractivity contribution in [1.82, 2.24) is 5.32 Å². The average Bonchev–Trinajstić information content (AvgIpc) is 3.15. The summed E-state index contributed by atoms with van der Waals surface area (Å²) in [5.74, 6) is 0.773. The van der Waals surface area contributed by atoms with Crippen LogP contribution in [0.3, 0.4) is 0 Å². The molecule has 0 saturated carbocycles. The molecule has 1 unspecified atom stereocenters. The third-order valence-electron chi connectivity index (χ3n) is 4.39. The van der Waals surface area contributed by atoms with Crippen molar-refractivity contribution in [2.45, 2.75) is 32.1 Å². The number of halogens is 3. The minimum atomic E-state index is -0.383. The fraction of sp³-hybridized carbons (Fsp3) is 0.400. The standard InChI is InChI=1S/C20H23ClFNO3.ClH/c1-24-20-10-14(11-23-12-15-4-3-9-25-15)7-8-19(20)26-13-16-17(21)5-2-6-18(16)22;/h2,5-8,10,15,23H,3-4,9,11-13H2,1H3;1H/p-1. The van der Waals surface area contributed by atoms with Gasteiger partial charge in [0.15, 0.2) is 11.5 Å². The van der Waals surface area contributed by atoms with E-state index in [1.807, 2.05) is 18.2 Å². The molecule has 1 aliphatic rings. The lowest BCUT2D eigenvalue weighted by Gasteiger charge is -2.14. The summed E-state index contributed by atoms with van der Waals surface area (Å²) in [6, 6.07) is 10.3. The minimum Gasteiger partial charge on any atom is -1.00 e. The second-order valence-corrected chi connectivity index (χ2v) is 6.65. The molecule has 2 aromatic rings. The first-order chi connectivity index (χ1) is 12.7. The lowest BCUT2D eigenvalue weighted by atomic mass is 10.2. The zero-order chi connectivity index (χ0) is 18.4. The van der Waals surface area contributed by atoms with Crippen LogP contribution in [0.2, 0.25) is 5.02 Å². The molecule has 0 spiro atoms. The Kier molecular flexibility index (Phi) is 8.64. The summed E-state index contributed by atoms with van der Waals surface area (Å²) < 4.78 is 30.6. The molecule has 27 heavy (non-hydrogen) atoms. The highest BCUT2D eigenvalue weighted by atomic mass is 35.5. The van der Waals surface area contributed by atoms with Crippen LogP contribution < -0.4 is 27.2 Å². The molecule has 1 saturated heterocycles. The second kappa shape index (κ2) is 10.7. The van der Waals surface area contributed by atoms with Crippen molar-refractivity contribution in [1.29, 1.82) is 0 Å². The van der Waals surface area contributed by atoms with Crippen LogP contribution in [0, 0.1) is 5.82 Å². The second-order valence-electron chi connectivity index (χ2n) is 6.24. The van der Waals surface area contributed by atoms with E-state index in [0.29, 0.717) is 28.2 Å². The Balaban J connectivity index is 0.00000261. The van der Waals surface area contributed by atoms with Crippen LogP contribution in [0.25, 0.3) is 0 Å². The van der Waals surface area contributed by atoms with E-state index in [1.165, 1.54) is 6.07 Å². The lowest BCUT2D eigenvalue weighted by Crippen LogP contribution is -3.00. The number of benzene rings is 2. The number of hydrogen-bond donors (Lipinski definition) is 1. The molecule has 0 aromatic heterocycles. The fourth-order valence-electron chi connectivity index (χ4n) is 2.94. The van der Waals surface area contributed by atoms with Crippen molar-refractivity contribution < 1.29 is 31.0 Å². The first-order valence-electron chi connectivity index (χ1n) is 8.72. The van der Waals surface area contributed by atoms with Gasteiger partial charge in [0.1, 0.15) is 12.4 Å². The van der Waals surface area contributed by atoms with E-state index in [1.54, 1.807) is 19.2 Å². The Hall–Kier alpha value is -1.53. The molecule has 7 heteroatoms. The SMILES string of the molecule is COc1cc(CNCC2CCCO2)ccc1OCc1c(F)cccc1Cl.[Cl-]. The highest BCUT2D eigenvalue weighted by Gasteiger charge is 2.15. The van der Waals surface area contributed by atoms with Crippen molar-refractivity contribution >= 4 is 11.6 Å². The maximum atomic E-state index is 13.9. The van der Waals surface area contributed by atoms with E-state index in [9.17, 15) is 4.39 Å². The summed E-state index contributed by atoms with van der Waals surface area (Å²) in [6.07, 6.45) is 2.56. The molecular weight excluding hydrogens is 392 g/mol. The fourth-order valence-corrected chi connectivity index (χ4v) is 3.16. The predicted molar refractivity (Wildman–Crippen MR) is 99.4 cm³/mol. The van der Waals surface area contributed by atoms with Crippen molar-refractivity contribution in [2.24, 2.45) is 0 Å². The van der Waals surface area contributed by atoms with Gasteiger partial charge in [0.2, 0.25) is 0 Å². The third kappa shape index (κ3) is 5.98. The number of nitrogens with one attached hydrogen (secondary N) is 1. The molecule has 1 N–H and O–H groups in total. The van der Waals surface area contributed by atoms with Gasteiger partial charge in [0.05, 0.1) is 18.2 Å². The normalized spacial score (nSPS) is 16.0. The molecule has 1 heterocycles. The molecular formula is C20H23Cl2FNO3-. The van der Waals surface area contributed by atoms with Gasteiger partial charge in [0.25, 0.3) is 0 Å². The van der Waals surface area contributed by atoms with E-state index < -0.39 is 0 Å². The van der Waals surface area contributed by atoms with Crippen molar-refractivity contribution in [3.63, 3.8) is 0 Å². The van der Waals surface area contributed by atoms with Gasteiger partial charge in [-0.15, -0.1) is 0 Å². The Morgan fingerprint density at radius 1 is 1.26 bits per heavy atom. The van der Waals surface area contributed by atoms with E-state index in [2.05, 4.69) is 5.32 Å². The van der Waals surface area contributed by atoms with E-state index in [-0.39, 0.29) is 24.8 Å². The number of hydrogen-bond acceptors (Lipinski definition) is 4. The van der Waals surface area contributed by atoms with Crippen LogP contribution in [0.4, 0.5) is 4.39 Å². The van der Waals surface area contributed by atoms with Crippen LogP contribution in [-0.4, -0.2) is 26.4 Å². The molecule has 0 radical (unpaired) electrons. The van der Waals surface area contributed by atoms with Crippen LogP contribution in [0.15, 0.2) is 36.4 Å². The maximum Gasteiger partial charge on any atom is 0.161 e. The van der Waals surface area contributed by atoms with Gasteiger partial charge < -0.3 is 31.9 Å². The summed E-state index contributed by atoms with van der Waals surface area (Å²) in [7, 11) is 1.59. The molecule has 1 atom stereocenters. The Morgan fingerprint density at radius 2 is 2.11 bits per heavy atom. The van der Waals surface area contributed by atoms with Crippen LogP contribution in [0.1, 0.15) is 24.0 Å². The average molecular weight is 415 g/mol. The molecule has 3 rings (SSSR count). The topological polar surface area (TPSA) is 39.7 Å². The van der Waals surface area contributed by atoms with Gasteiger partial charge in [-0.25, -0.2) is 4.39 Å². The Labute approximate surface area is 170 Å². The summed E-state index contributed by atoms with van der Waals surface area (Å²) in [6.45, 7) is 2.46. The molecule has 1 aliphatic heterocycles. The minimum absolute atomic E-state index is 0. The van der Waals surface area contributed by atoms with Gasteiger partial charge in [-0.05, 0) is 42.7 Å². The first kappa shape index (κ1) is 21.8. The van der Waals surface area contributed by atoms with Gasteiger partial charge in [-0.2, -0.15) is 0 Å². The Morgan fingerprint density at radius 3 is 2.81 bits per heavy atom. The van der Waals surface area contributed by atoms with Gasteiger partial charge >= 0.3 is 0 Å². The molecule has 148 valence electrons. The van der Waals surface area contributed by atoms with E-state index in [0.717, 1.165) is 38.1 Å². The monoisotopic (exact) mass is 414 g/mol. The van der Waals surface area contributed by atoms with Crippen LogP contribution in [0.5, 0.6) is 11.5 Å². The Bertz CT molecular complexity index is 719. The predicted octanol–water partition coefficient (Wildman–Crippen LogP) is 1.34. The largest absolute Gasteiger partial charge is 1.00 e. The van der Waals surface area contributed by atoms with Crippen molar-refractivity contribution in [3.8, 4) is 11.5 Å². The first-order valence-corrected chi connectivity index (χ1v) is 9.10. The highest BCUT2D eigenvalue weighted by Crippen LogP contribution is 2.30. The van der Waals surface area contributed by atoms with Gasteiger partial charge in [-0.3, -0.25) is 0 Å². The number of methoxy groups -OCH3 is 1. The zero-order valence-corrected chi connectivity index (χ0v) is 16.7. The van der Waals surface area contributed by atoms with E-state index >= 15 is 0 Å². The van der Waals surface area contributed by atoms with Crippen molar-refractivity contribution in [2.75, 3.05) is 20.3 Å². The summed E-state index contributed by atoms with van der Waals surface area (Å²) in [4.78, 5) is 0. The van der Waals surface area contributed by atoms with Crippen LogP contribution in [-0.2, 0) is 17.9 Å². The number of ether oxygens (including phenoxy) is 3. The van der Waals surface area contributed by atoms with Gasteiger partial charge in [-0.1, -0.05) is 23.7 Å². The summed E-state index contributed by atoms with van der Waals surface area (Å²) >= 11 is 6.04. The molecule has 2 aromatic carbocycles. The van der Waals surface area contributed by atoms with Crippen molar-refractivity contribution in [3.05, 3.63) is 58.4 Å². The number of rotatable bonds is 8. The molecule has 0 bridgehead atoms. The summed E-state index contributed by atoms with van der Waals surface area (Å²) in [5.41, 5.74) is 1.41. The smallest absolute Gasteiger partial charge is 0.161 e. The summed E-state index contributed by atoms with van der Waals surface area (Å²) in [5, 5.41) is 3.74. The van der Waals surface area contributed by atoms with E-state index in [4.69, 9.17) is 25.8 Å². The van der Waals surface area contributed by atoms with Crippen LogP contribution >= 0.6 is 11.6 Å². The zero-order valence-electron chi connectivity index (χ0n) is 15.1. The molecule has 0 aliphatic carbocycles.